The van der Waals surface area contributed by atoms with Crippen molar-refractivity contribution in [2.24, 2.45) is 0 Å². The van der Waals surface area contributed by atoms with Crippen LogP contribution < -0.4 is 10.0 Å². The third kappa shape index (κ3) is 5.81. The Hall–Kier alpha value is -2.49. The fourth-order valence-corrected chi connectivity index (χ4v) is 4.82. The second kappa shape index (κ2) is 9.76. The minimum Gasteiger partial charge on any atom is -0.296 e. The molecule has 2 N–H and O–H groups in total. The Morgan fingerprint density at radius 1 is 1.10 bits per heavy atom. The zero-order chi connectivity index (χ0) is 22.6. The molecule has 7 nitrogen and oxygen atoms in total. The number of nitrogens with zero attached hydrogens (tertiary/aromatic N) is 2. The monoisotopic (exact) mass is 478 g/mol. The molecule has 164 valence electrons. The minimum atomic E-state index is -3.91. The molecule has 0 aliphatic rings. The number of benzene rings is 2. The van der Waals surface area contributed by atoms with E-state index in [9.17, 15) is 13.2 Å². The lowest BCUT2D eigenvalue weighted by Gasteiger charge is -2.11. The Balaban J connectivity index is 1.80. The van der Waals surface area contributed by atoms with E-state index in [-0.39, 0.29) is 15.5 Å². The van der Waals surface area contributed by atoms with Crippen LogP contribution in [0, 0.1) is 13.8 Å². The van der Waals surface area contributed by atoms with Gasteiger partial charge in [-0.1, -0.05) is 42.3 Å². The van der Waals surface area contributed by atoms with Gasteiger partial charge in [0.2, 0.25) is 5.13 Å². The number of unbranched alkanes of at least 4 members (excludes halogenated alkanes) is 1. The summed E-state index contributed by atoms with van der Waals surface area (Å²) in [6.07, 6.45) is 2.82. The van der Waals surface area contributed by atoms with Gasteiger partial charge in [0.15, 0.2) is 0 Å². The molecular formula is C21H23ClN4O3S2. The molecule has 0 atom stereocenters. The van der Waals surface area contributed by atoms with Crippen LogP contribution >= 0.6 is 22.9 Å². The normalized spacial score (nSPS) is 11.4. The molecule has 0 aliphatic heterocycles. The van der Waals surface area contributed by atoms with Gasteiger partial charge in [0.1, 0.15) is 5.01 Å². The van der Waals surface area contributed by atoms with E-state index in [1.165, 1.54) is 29.5 Å². The van der Waals surface area contributed by atoms with Crippen molar-refractivity contribution < 1.29 is 13.2 Å². The third-order valence-electron chi connectivity index (χ3n) is 4.68. The molecule has 3 aromatic rings. The first-order chi connectivity index (χ1) is 14.7. The van der Waals surface area contributed by atoms with Gasteiger partial charge in [-0.25, -0.2) is 8.42 Å². The Bertz CT molecular complexity index is 1210. The second-order valence-electron chi connectivity index (χ2n) is 7.10. The average molecular weight is 479 g/mol. The van der Waals surface area contributed by atoms with E-state index in [2.05, 4.69) is 27.2 Å². The van der Waals surface area contributed by atoms with Crippen molar-refractivity contribution in [1.29, 1.82) is 0 Å². The number of halogens is 1. The number of carbonyl (C=O) groups excluding carboxylic acids is 1. The number of nitrogens with one attached hydrogen (secondary N) is 2. The number of sulfonamides is 1. The molecule has 0 radical (unpaired) electrons. The van der Waals surface area contributed by atoms with Gasteiger partial charge < -0.3 is 0 Å². The number of anilines is 2. The number of aryl methyl sites for hydroxylation is 3. The summed E-state index contributed by atoms with van der Waals surface area (Å²) < 4.78 is 28.2. The predicted molar refractivity (Wildman–Crippen MR) is 125 cm³/mol. The van der Waals surface area contributed by atoms with Crippen LogP contribution in [0.15, 0.2) is 41.3 Å². The zero-order valence-electron chi connectivity index (χ0n) is 17.4. The van der Waals surface area contributed by atoms with E-state index in [4.69, 9.17) is 11.6 Å². The van der Waals surface area contributed by atoms with E-state index in [0.29, 0.717) is 10.8 Å². The van der Waals surface area contributed by atoms with Crippen molar-refractivity contribution in [2.75, 3.05) is 10.0 Å². The molecule has 31 heavy (non-hydrogen) atoms. The minimum absolute atomic E-state index is 0.0370. The number of amides is 1. The van der Waals surface area contributed by atoms with Crippen molar-refractivity contribution >= 4 is 49.7 Å². The molecule has 0 spiro atoms. The Kier molecular flexibility index (Phi) is 7.30. The molecule has 0 fully saturated rings. The van der Waals surface area contributed by atoms with E-state index in [0.717, 1.165) is 35.4 Å². The summed E-state index contributed by atoms with van der Waals surface area (Å²) in [6.45, 7) is 5.93. The van der Waals surface area contributed by atoms with Crippen molar-refractivity contribution in [2.45, 2.75) is 44.9 Å². The van der Waals surface area contributed by atoms with Crippen molar-refractivity contribution in [3.63, 3.8) is 0 Å². The summed E-state index contributed by atoms with van der Waals surface area (Å²) in [5.41, 5.74) is 2.50. The summed E-state index contributed by atoms with van der Waals surface area (Å²) >= 11 is 7.46. The van der Waals surface area contributed by atoms with Crippen LogP contribution in [0.5, 0.6) is 0 Å². The molecule has 1 heterocycles. The van der Waals surface area contributed by atoms with Gasteiger partial charge in [-0.2, -0.15) is 0 Å². The quantitative estimate of drug-likeness (QED) is 0.463. The average Bonchev–Trinajstić information content (AvgIpc) is 3.16. The highest BCUT2D eigenvalue weighted by Crippen LogP contribution is 2.25. The molecule has 1 aromatic heterocycles. The van der Waals surface area contributed by atoms with Crippen LogP contribution in [0.4, 0.5) is 10.8 Å². The molecule has 3 rings (SSSR count). The highest BCUT2D eigenvalue weighted by atomic mass is 35.5. The summed E-state index contributed by atoms with van der Waals surface area (Å²) in [5.74, 6) is -0.550. The van der Waals surface area contributed by atoms with E-state index < -0.39 is 15.9 Å². The molecule has 2 aromatic carbocycles. The van der Waals surface area contributed by atoms with Crippen molar-refractivity contribution in [3.8, 4) is 0 Å². The SMILES string of the molecule is CCCCc1nnc(NC(=O)c2cc(S(=O)(=O)Nc3ccc(C)c(C)c3)ccc2Cl)s1. The lowest BCUT2D eigenvalue weighted by Crippen LogP contribution is -2.16. The molecule has 0 aliphatic carbocycles. The van der Waals surface area contributed by atoms with Crippen molar-refractivity contribution in [1.82, 2.24) is 10.2 Å². The van der Waals surface area contributed by atoms with Crippen LogP contribution in [0.1, 0.15) is 46.3 Å². The first-order valence-electron chi connectivity index (χ1n) is 9.73. The molecule has 0 unspecified atom stereocenters. The molecule has 0 saturated heterocycles. The maximum absolute atomic E-state index is 12.8. The summed E-state index contributed by atoms with van der Waals surface area (Å²) in [4.78, 5) is 12.6. The maximum atomic E-state index is 12.8. The lowest BCUT2D eigenvalue weighted by molar-refractivity contribution is 0.102. The smallest absolute Gasteiger partial charge is 0.261 e. The molecule has 10 heteroatoms. The topological polar surface area (TPSA) is 101 Å². The van der Waals surface area contributed by atoms with E-state index in [1.54, 1.807) is 12.1 Å². The van der Waals surface area contributed by atoms with Crippen LogP contribution in [0.25, 0.3) is 0 Å². The number of aromatic nitrogens is 2. The number of hydrogen-bond acceptors (Lipinski definition) is 6. The van der Waals surface area contributed by atoms with E-state index >= 15 is 0 Å². The first-order valence-corrected chi connectivity index (χ1v) is 12.4. The zero-order valence-corrected chi connectivity index (χ0v) is 19.8. The highest BCUT2D eigenvalue weighted by molar-refractivity contribution is 7.92. The van der Waals surface area contributed by atoms with Gasteiger partial charge >= 0.3 is 0 Å². The lowest BCUT2D eigenvalue weighted by atomic mass is 10.1. The summed E-state index contributed by atoms with van der Waals surface area (Å²) in [7, 11) is -3.91. The summed E-state index contributed by atoms with van der Waals surface area (Å²) in [5, 5.41) is 12.0. The maximum Gasteiger partial charge on any atom is 0.261 e. The standard InChI is InChI=1S/C21H23ClN4O3S2/c1-4-5-6-19-24-25-21(30-19)23-20(27)17-12-16(9-10-18(17)22)31(28,29)26-15-8-7-13(2)14(3)11-15/h7-12,26H,4-6H2,1-3H3,(H,23,25,27). The van der Waals surface area contributed by atoms with Crippen LogP contribution in [-0.4, -0.2) is 24.5 Å². The number of carbonyl (C=O) groups is 1. The third-order valence-corrected chi connectivity index (χ3v) is 7.29. The molecule has 0 bridgehead atoms. The van der Waals surface area contributed by atoms with Gasteiger partial charge in [-0.05, 0) is 61.7 Å². The largest absolute Gasteiger partial charge is 0.296 e. The molecule has 0 saturated carbocycles. The van der Waals surface area contributed by atoms with Gasteiger partial charge in [0.05, 0.1) is 15.5 Å². The second-order valence-corrected chi connectivity index (χ2v) is 10.3. The summed E-state index contributed by atoms with van der Waals surface area (Å²) in [6, 6.07) is 9.27. The Morgan fingerprint density at radius 2 is 1.87 bits per heavy atom. The number of rotatable bonds is 8. The fourth-order valence-electron chi connectivity index (χ4n) is 2.76. The van der Waals surface area contributed by atoms with Crippen LogP contribution in [0.3, 0.4) is 0 Å². The Morgan fingerprint density at radius 3 is 2.58 bits per heavy atom. The first kappa shape index (κ1) is 23.2. The predicted octanol–water partition coefficient (Wildman–Crippen LogP) is 5.20. The number of hydrogen-bond donors (Lipinski definition) is 2. The van der Waals surface area contributed by atoms with Gasteiger partial charge in [-0.3, -0.25) is 14.8 Å². The molecular weight excluding hydrogens is 456 g/mol. The van der Waals surface area contributed by atoms with Gasteiger partial charge in [-0.15, -0.1) is 10.2 Å². The van der Waals surface area contributed by atoms with E-state index in [1.807, 2.05) is 19.9 Å². The Labute approximate surface area is 190 Å². The highest BCUT2D eigenvalue weighted by Gasteiger charge is 2.20. The van der Waals surface area contributed by atoms with Crippen molar-refractivity contribution in [3.05, 3.63) is 63.1 Å². The van der Waals surface area contributed by atoms with Crippen LogP contribution in [-0.2, 0) is 16.4 Å². The fraction of sp³-hybridized carbons (Fsp3) is 0.286. The molecule has 1 amide bonds. The van der Waals surface area contributed by atoms with Gasteiger partial charge in [0.25, 0.3) is 15.9 Å². The van der Waals surface area contributed by atoms with Gasteiger partial charge in [0, 0.05) is 12.1 Å². The van der Waals surface area contributed by atoms with Crippen LogP contribution in [0.2, 0.25) is 5.02 Å².